The number of carbonyl (C=O) groups excluding carboxylic acids is 1. The van der Waals surface area contributed by atoms with Gasteiger partial charge in [-0.3, -0.25) is 4.79 Å². The van der Waals surface area contributed by atoms with Gasteiger partial charge in [0.1, 0.15) is 5.82 Å². The van der Waals surface area contributed by atoms with Gasteiger partial charge in [-0.2, -0.15) is 0 Å². The van der Waals surface area contributed by atoms with Crippen LogP contribution in [0.3, 0.4) is 0 Å². The van der Waals surface area contributed by atoms with E-state index >= 15 is 0 Å². The van der Waals surface area contributed by atoms with Gasteiger partial charge < -0.3 is 9.88 Å². The first kappa shape index (κ1) is 15.3. The zero-order valence-electron chi connectivity index (χ0n) is 14.2. The summed E-state index contributed by atoms with van der Waals surface area (Å²) in [5.74, 6) is 0.827. The molecule has 0 aliphatic heterocycles. The van der Waals surface area contributed by atoms with Crippen LogP contribution in [0.5, 0.6) is 0 Å². The normalized spacial score (nSPS) is 11.0. The summed E-state index contributed by atoms with van der Waals surface area (Å²) in [5, 5.41) is 3.03. The molecule has 118 valence electrons. The molecule has 0 saturated heterocycles. The van der Waals surface area contributed by atoms with E-state index in [0.717, 1.165) is 33.7 Å². The number of aromatic nitrogens is 2. The fourth-order valence-electron chi connectivity index (χ4n) is 3.02. The van der Waals surface area contributed by atoms with Crippen molar-refractivity contribution < 1.29 is 4.79 Å². The predicted octanol–water partition coefficient (Wildman–Crippen LogP) is 4.06. The first-order chi connectivity index (χ1) is 10.9. The molecule has 0 bridgehead atoms. The Labute approximate surface area is 136 Å². The average molecular weight is 307 g/mol. The van der Waals surface area contributed by atoms with E-state index < -0.39 is 0 Å². The predicted molar refractivity (Wildman–Crippen MR) is 94.1 cm³/mol. The molecule has 1 aromatic heterocycles. The van der Waals surface area contributed by atoms with Gasteiger partial charge >= 0.3 is 0 Å². The first-order valence-corrected chi connectivity index (χ1v) is 7.69. The van der Waals surface area contributed by atoms with Crippen LogP contribution in [0.15, 0.2) is 30.3 Å². The lowest BCUT2D eigenvalue weighted by atomic mass is 10.0. The van der Waals surface area contributed by atoms with E-state index in [4.69, 9.17) is 0 Å². The Morgan fingerprint density at radius 3 is 2.35 bits per heavy atom. The zero-order chi connectivity index (χ0) is 16.7. The van der Waals surface area contributed by atoms with Crippen LogP contribution in [0, 0.1) is 27.7 Å². The third-order valence-electron chi connectivity index (χ3n) is 4.28. The summed E-state index contributed by atoms with van der Waals surface area (Å²) in [5.41, 5.74) is 6.73. The number of hydrogen-bond donors (Lipinski definition) is 1. The smallest absolute Gasteiger partial charge is 0.255 e. The molecule has 0 aliphatic rings. The number of fused-ring (bicyclic) bond motifs is 1. The van der Waals surface area contributed by atoms with Crippen LogP contribution in [0.1, 0.15) is 32.9 Å². The van der Waals surface area contributed by atoms with Gasteiger partial charge in [0.15, 0.2) is 0 Å². The van der Waals surface area contributed by atoms with Gasteiger partial charge in [0.25, 0.3) is 5.91 Å². The number of nitrogens with zero attached hydrogens (tertiary/aromatic N) is 2. The minimum Gasteiger partial charge on any atom is -0.331 e. The number of anilines is 1. The molecule has 3 rings (SSSR count). The molecule has 4 nitrogen and oxygen atoms in total. The maximum Gasteiger partial charge on any atom is 0.255 e. The van der Waals surface area contributed by atoms with Crippen molar-refractivity contribution in [3.8, 4) is 0 Å². The van der Waals surface area contributed by atoms with Crippen molar-refractivity contribution in [1.82, 2.24) is 9.55 Å². The fourth-order valence-corrected chi connectivity index (χ4v) is 3.02. The maximum absolute atomic E-state index is 12.6. The Morgan fingerprint density at radius 1 is 1.04 bits per heavy atom. The Kier molecular flexibility index (Phi) is 3.68. The van der Waals surface area contributed by atoms with Gasteiger partial charge in [-0.15, -0.1) is 0 Å². The van der Waals surface area contributed by atoms with Crippen molar-refractivity contribution in [1.29, 1.82) is 0 Å². The number of benzene rings is 2. The Morgan fingerprint density at radius 2 is 1.70 bits per heavy atom. The summed E-state index contributed by atoms with van der Waals surface area (Å²) in [6.07, 6.45) is 0. The Bertz CT molecular complexity index is 899. The van der Waals surface area contributed by atoms with Crippen LogP contribution in [0.2, 0.25) is 0 Å². The molecule has 2 aromatic carbocycles. The summed E-state index contributed by atoms with van der Waals surface area (Å²) in [6, 6.07) is 9.79. The lowest BCUT2D eigenvalue weighted by molar-refractivity contribution is 0.102. The van der Waals surface area contributed by atoms with Crippen molar-refractivity contribution in [2.45, 2.75) is 27.7 Å². The molecule has 0 atom stereocenters. The van der Waals surface area contributed by atoms with E-state index in [9.17, 15) is 4.79 Å². The molecule has 4 heteroatoms. The number of imidazole rings is 1. The summed E-state index contributed by atoms with van der Waals surface area (Å²) >= 11 is 0. The topological polar surface area (TPSA) is 46.9 Å². The molecule has 0 spiro atoms. The van der Waals surface area contributed by atoms with Crippen molar-refractivity contribution in [3.05, 3.63) is 58.4 Å². The number of hydrogen-bond acceptors (Lipinski definition) is 2. The van der Waals surface area contributed by atoms with E-state index in [1.807, 2.05) is 50.6 Å². The molecular weight excluding hydrogens is 286 g/mol. The van der Waals surface area contributed by atoms with E-state index in [1.165, 1.54) is 5.56 Å². The fraction of sp³-hybridized carbons (Fsp3) is 0.263. The van der Waals surface area contributed by atoms with Crippen LogP contribution < -0.4 is 5.32 Å². The molecule has 0 unspecified atom stereocenters. The molecule has 1 N–H and O–H groups in total. The highest BCUT2D eigenvalue weighted by Crippen LogP contribution is 2.23. The lowest BCUT2D eigenvalue weighted by Gasteiger charge is -2.13. The third-order valence-corrected chi connectivity index (χ3v) is 4.28. The maximum atomic E-state index is 12.6. The standard InChI is InChI=1S/C19H21N3O/c1-11-8-12(2)18(13(3)9-11)21-19(23)15-6-7-17-16(10-15)20-14(4)22(17)5/h6-10H,1-5H3,(H,21,23). The lowest BCUT2D eigenvalue weighted by Crippen LogP contribution is -2.14. The van der Waals surface area contributed by atoms with Crippen molar-refractivity contribution in [2.24, 2.45) is 7.05 Å². The van der Waals surface area contributed by atoms with Crippen LogP contribution in [-0.2, 0) is 7.05 Å². The summed E-state index contributed by atoms with van der Waals surface area (Å²) in [6.45, 7) is 8.05. The zero-order valence-corrected chi connectivity index (χ0v) is 14.2. The molecule has 0 aliphatic carbocycles. The van der Waals surface area contributed by atoms with E-state index in [0.29, 0.717) is 5.56 Å². The number of aryl methyl sites for hydroxylation is 5. The van der Waals surface area contributed by atoms with Crippen molar-refractivity contribution in [2.75, 3.05) is 5.32 Å². The number of amides is 1. The highest BCUT2D eigenvalue weighted by Gasteiger charge is 2.12. The summed E-state index contributed by atoms with van der Waals surface area (Å²) in [4.78, 5) is 17.1. The highest BCUT2D eigenvalue weighted by atomic mass is 16.1. The van der Waals surface area contributed by atoms with E-state index in [-0.39, 0.29) is 5.91 Å². The minimum atomic E-state index is -0.106. The quantitative estimate of drug-likeness (QED) is 0.776. The Balaban J connectivity index is 1.95. The van der Waals surface area contributed by atoms with E-state index in [1.54, 1.807) is 0 Å². The number of carbonyl (C=O) groups is 1. The second-order valence-electron chi connectivity index (χ2n) is 6.15. The van der Waals surface area contributed by atoms with Crippen LogP contribution in [0.25, 0.3) is 11.0 Å². The van der Waals surface area contributed by atoms with Gasteiger partial charge in [0, 0.05) is 18.3 Å². The minimum absolute atomic E-state index is 0.106. The van der Waals surface area contributed by atoms with Crippen molar-refractivity contribution >= 4 is 22.6 Å². The molecule has 23 heavy (non-hydrogen) atoms. The molecule has 0 fully saturated rings. The highest BCUT2D eigenvalue weighted by molar-refractivity contribution is 6.06. The first-order valence-electron chi connectivity index (χ1n) is 7.69. The monoisotopic (exact) mass is 307 g/mol. The van der Waals surface area contributed by atoms with E-state index in [2.05, 4.69) is 29.4 Å². The molecule has 1 heterocycles. The van der Waals surface area contributed by atoms with Gasteiger partial charge in [0.05, 0.1) is 11.0 Å². The summed E-state index contributed by atoms with van der Waals surface area (Å²) in [7, 11) is 1.98. The van der Waals surface area contributed by atoms with Gasteiger partial charge in [-0.1, -0.05) is 17.7 Å². The largest absolute Gasteiger partial charge is 0.331 e. The van der Waals surface area contributed by atoms with Crippen LogP contribution in [0.4, 0.5) is 5.69 Å². The molecule has 1 amide bonds. The van der Waals surface area contributed by atoms with Crippen LogP contribution >= 0.6 is 0 Å². The SMILES string of the molecule is Cc1cc(C)c(NC(=O)c2ccc3c(c2)nc(C)n3C)c(C)c1. The van der Waals surface area contributed by atoms with Crippen molar-refractivity contribution in [3.63, 3.8) is 0 Å². The summed E-state index contributed by atoms with van der Waals surface area (Å²) < 4.78 is 2.02. The Hall–Kier alpha value is -2.62. The molecule has 3 aromatic rings. The number of nitrogens with one attached hydrogen (secondary N) is 1. The molecule has 0 saturated carbocycles. The van der Waals surface area contributed by atoms with Gasteiger partial charge in [0.2, 0.25) is 0 Å². The molecular formula is C19H21N3O. The number of rotatable bonds is 2. The second-order valence-corrected chi connectivity index (χ2v) is 6.15. The third kappa shape index (κ3) is 2.72. The second kappa shape index (κ2) is 5.54. The van der Waals surface area contributed by atoms with Crippen LogP contribution in [-0.4, -0.2) is 15.5 Å². The van der Waals surface area contributed by atoms with Gasteiger partial charge in [-0.25, -0.2) is 4.98 Å². The van der Waals surface area contributed by atoms with Gasteiger partial charge in [-0.05, 0) is 57.0 Å². The average Bonchev–Trinajstić information content (AvgIpc) is 2.77. The molecule has 0 radical (unpaired) electrons.